The molecule has 0 aromatic heterocycles. The van der Waals surface area contributed by atoms with Gasteiger partial charge < -0.3 is 10.5 Å². The van der Waals surface area contributed by atoms with Crippen LogP contribution in [0.2, 0.25) is 0 Å². The summed E-state index contributed by atoms with van der Waals surface area (Å²) >= 11 is 1.60. The SMILES string of the molecule is CCc1cc(C(F)(F)F)ccc1-c1cc(SCCCC=O)ccc1N. The third-order valence-corrected chi connectivity index (χ3v) is 4.94. The second-order valence-electron chi connectivity index (χ2n) is 5.63. The molecule has 0 heterocycles. The maximum absolute atomic E-state index is 12.9. The summed E-state index contributed by atoms with van der Waals surface area (Å²) in [4.78, 5) is 11.3. The van der Waals surface area contributed by atoms with E-state index in [9.17, 15) is 18.0 Å². The third kappa shape index (κ3) is 5.01. The van der Waals surface area contributed by atoms with E-state index in [0.29, 0.717) is 24.1 Å². The van der Waals surface area contributed by atoms with E-state index in [0.717, 1.165) is 40.5 Å². The van der Waals surface area contributed by atoms with Crippen molar-refractivity contribution < 1.29 is 18.0 Å². The van der Waals surface area contributed by atoms with E-state index >= 15 is 0 Å². The van der Waals surface area contributed by atoms with Crippen LogP contribution in [0.3, 0.4) is 0 Å². The smallest absolute Gasteiger partial charge is 0.398 e. The van der Waals surface area contributed by atoms with Crippen molar-refractivity contribution in [1.82, 2.24) is 0 Å². The minimum Gasteiger partial charge on any atom is -0.398 e. The van der Waals surface area contributed by atoms with Crippen LogP contribution in [-0.2, 0) is 17.4 Å². The average molecular weight is 367 g/mol. The Morgan fingerprint density at radius 2 is 1.88 bits per heavy atom. The highest BCUT2D eigenvalue weighted by atomic mass is 32.2. The highest BCUT2D eigenvalue weighted by molar-refractivity contribution is 7.99. The van der Waals surface area contributed by atoms with E-state index in [1.54, 1.807) is 17.8 Å². The van der Waals surface area contributed by atoms with Crippen LogP contribution in [0.1, 0.15) is 30.9 Å². The molecular formula is C19H20F3NOS. The van der Waals surface area contributed by atoms with Crippen LogP contribution in [0.5, 0.6) is 0 Å². The summed E-state index contributed by atoms with van der Waals surface area (Å²) in [6, 6.07) is 9.35. The number of benzene rings is 2. The van der Waals surface area contributed by atoms with Crippen LogP contribution in [0.25, 0.3) is 11.1 Å². The number of anilines is 1. The van der Waals surface area contributed by atoms with E-state index in [2.05, 4.69) is 0 Å². The number of carbonyl (C=O) groups is 1. The second kappa shape index (κ2) is 8.43. The van der Waals surface area contributed by atoms with Gasteiger partial charge in [-0.05, 0) is 60.1 Å². The number of halogens is 3. The van der Waals surface area contributed by atoms with E-state index in [1.165, 1.54) is 12.1 Å². The number of hydrogen-bond acceptors (Lipinski definition) is 3. The summed E-state index contributed by atoms with van der Waals surface area (Å²) in [6.45, 7) is 1.83. The molecule has 0 unspecified atom stereocenters. The van der Waals surface area contributed by atoms with E-state index in [1.807, 2.05) is 19.1 Å². The van der Waals surface area contributed by atoms with Crippen molar-refractivity contribution in [3.05, 3.63) is 47.5 Å². The Hall–Kier alpha value is -1.95. The maximum atomic E-state index is 12.9. The lowest BCUT2D eigenvalue weighted by Gasteiger charge is -2.15. The quantitative estimate of drug-likeness (QED) is 0.300. The van der Waals surface area contributed by atoms with Crippen molar-refractivity contribution in [3.63, 3.8) is 0 Å². The summed E-state index contributed by atoms with van der Waals surface area (Å²) in [5.74, 6) is 0.801. The summed E-state index contributed by atoms with van der Waals surface area (Å²) < 4.78 is 38.8. The first-order chi connectivity index (χ1) is 11.9. The molecular weight excluding hydrogens is 347 g/mol. The number of hydrogen-bond donors (Lipinski definition) is 1. The molecule has 0 saturated heterocycles. The van der Waals surface area contributed by atoms with Gasteiger partial charge in [0.1, 0.15) is 6.29 Å². The van der Waals surface area contributed by atoms with Crippen molar-refractivity contribution in [2.75, 3.05) is 11.5 Å². The van der Waals surface area contributed by atoms with E-state index in [4.69, 9.17) is 5.73 Å². The lowest BCUT2D eigenvalue weighted by Crippen LogP contribution is -2.06. The number of unbranched alkanes of at least 4 members (excludes halogenated alkanes) is 1. The van der Waals surface area contributed by atoms with Crippen molar-refractivity contribution in [3.8, 4) is 11.1 Å². The van der Waals surface area contributed by atoms with Gasteiger partial charge in [-0.3, -0.25) is 0 Å². The molecule has 134 valence electrons. The summed E-state index contributed by atoms with van der Waals surface area (Å²) in [7, 11) is 0. The van der Waals surface area contributed by atoms with Crippen molar-refractivity contribution in [2.45, 2.75) is 37.3 Å². The fraction of sp³-hybridized carbons (Fsp3) is 0.316. The molecule has 0 bridgehead atoms. The molecule has 2 nitrogen and oxygen atoms in total. The van der Waals surface area contributed by atoms with Crippen molar-refractivity contribution in [1.29, 1.82) is 0 Å². The molecule has 2 rings (SSSR count). The first-order valence-corrected chi connectivity index (χ1v) is 9.01. The Labute approximate surface area is 149 Å². The zero-order valence-corrected chi connectivity index (χ0v) is 14.7. The number of nitrogen functional groups attached to an aromatic ring is 1. The lowest BCUT2D eigenvalue weighted by molar-refractivity contribution is -0.137. The Morgan fingerprint density at radius 1 is 1.12 bits per heavy atom. The Kier molecular flexibility index (Phi) is 6.53. The number of nitrogens with two attached hydrogens (primary N) is 1. The van der Waals surface area contributed by atoms with Crippen molar-refractivity contribution in [2.24, 2.45) is 0 Å². The fourth-order valence-electron chi connectivity index (χ4n) is 2.54. The summed E-state index contributed by atoms with van der Waals surface area (Å²) in [6.07, 6.45) is -1.67. The number of alkyl halides is 3. The van der Waals surface area contributed by atoms with Crippen LogP contribution in [0.4, 0.5) is 18.9 Å². The van der Waals surface area contributed by atoms with Crippen LogP contribution in [-0.4, -0.2) is 12.0 Å². The van der Waals surface area contributed by atoms with E-state index < -0.39 is 11.7 Å². The standard InChI is InChI=1S/C19H20F3NOS/c1-2-13-11-14(19(20,21)22)5-7-16(13)17-12-15(6-8-18(17)23)25-10-4-3-9-24/h5-9,11-12H,2-4,10,23H2,1H3. The van der Waals surface area contributed by atoms with Crippen LogP contribution in [0.15, 0.2) is 41.3 Å². The molecule has 0 spiro atoms. The van der Waals surface area contributed by atoms with Crippen LogP contribution < -0.4 is 5.73 Å². The van der Waals surface area contributed by atoms with Crippen LogP contribution in [0, 0.1) is 0 Å². The Balaban J connectivity index is 2.35. The molecule has 0 radical (unpaired) electrons. The zero-order valence-electron chi connectivity index (χ0n) is 13.9. The molecule has 0 fully saturated rings. The predicted octanol–water partition coefficient (Wildman–Crippen LogP) is 5.59. The highest BCUT2D eigenvalue weighted by Gasteiger charge is 2.31. The van der Waals surface area contributed by atoms with Crippen LogP contribution >= 0.6 is 11.8 Å². The van der Waals surface area contributed by atoms with Gasteiger partial charge in [0.2, 0.25) is 0 Å². The average Bonchev–Trinajstić information content (AvgIpc) is 2.58. The molecule has 2 aromatic rings. The number of rotatable bonds is 7. The first-order valence-electron chi connectivity index (χ1n) is 8.03. The lowest BCUT2D eigenvalue weighted by atomic mass is 9.95. The topological polar surface area (TPSA) is 43.1 Å². The zero-order chi connectivity index (χ0) is 18.4. The number of thioether (sulfide) groups is 1. The number of carbonyl (C=O) groups excluding carboxylic acids is 1. The van der Waals surface area contributed by atoms with Gasteiger partial charge in [-0.25, -0.2) is 0 Å². The van der Waals surface area contributed by atoms with E-state index in [-0.39, 0.29) is 0 Å². The van der Waals surface area contributed by atoms with Gasteiger partial charge in [-0.2, -0.15) is 13.2 Å². The monoisotopic (exact) mass is 367 g/mol. The normalized spacial score (nSPS) is 11.5. The van der Waals surface area contributed by atoms with Gasteiger partial charge in [-0.15, -0.1) is 11.8 Å². The predicted molar refractivity (Wildman–Crippen MR) is 96.7 cm³/mol. The van der Waals surface area contributed by atoms with Gasteiger partial charge in [0.15, 0.2) is 0 Å². The fourth-order valence-corrected chi connectivity index (χ4v) is 3.45. The summed E-state index contributed by atoms with van der Waals surface area (Å²) in [5.41, 5.74) is 8.04. The molecule has 0 amide bonds. The van der Waals surface area contributed by atoms with Gasteiger partial charge in [0.05, 0.1) is 5.56 Å². The van der Waals surface area contributed by atoms with Gasteiger partial charge in [0.25, 0.3) is 0 Å². The molecule has 6 heteroatoms. The highest BCUT2D eigenvalue weighted by Crippen LogP contribution is 2.37. The molecule has 0 aliphatic rings. The minimum absolute atomic E-state index is 0.482. The summed E-state index contributed by atoms with van der Waals surface area (Å²) in [5, 5.41) is 0. The molecule has 0 atom stereocenters. The first kappa shape index (κ1) is 19.4. The van der Waals surface area contributed by atoms with Gasteiger partial charge in [-0.1, -0.05) is 13.0 Å². The number of aldehydes is 1. The molecule has 0 aliphatic carbocycles. The van der Waals surface area contributed by atoms with Crippen molar-refractivity contribution >= 4 is 23.7 Å². The second-order valence-corrected chi connectivity index (χ2v) is 6.80. The molecule has 2 N–H and O–H groups in total. The number of aryl methyl sites for hydroxylation is 1. The Morgan fingerprint density at radius 3 is 2.52 bits per heavy atom. The largest absolute Gasteiger partial charge is 0.416 e. The molecule has 25 heavy (non-hydrogen) atoms. The molecule has 2 aromatic carbocycles. The third-order valence-electron chi connectivity index (χ3n) is 3.86. The maximum Gasteiger partial charge on any atom is 0.416 e. The van der Waals surface area contributed by atoms with Gasteiger partial charge >= 0.3 is 6.18 Å². The van der Waals surface area contributed by atoms with Gasteiger partial charge in [0, 0.05) is 22.6 Å². The molecule has 0 aliphatic heterocycles. The molecule has 0 saturated carbocycles. The Bertz CT molecular complexity index is 744. The minimum atomic E-state index is -4.36.